The maximum Gasteiger partial charge on any atom is 0.371 e. The van der Waals surface area contributed by atoms with Crippen LogP contribution in [0.15, 0.2) is 16.5 Å². The van der Waals surface area contributed by atoms with E-state index in [2.05, 4.69) is 5.32 Å². The normalized spacial score (nSPS) is 12.6. The Morgan fingerprint density at radius 1 is 1.62 bits per heavy atom. The molecule has 16 heavy (non-hydrogen) atoms. The van der Waals surface area contributed by atoms with Gasteiger partial charge >= 0.3 is 5.97 Å². The van der Waals surface area contributed by atoms with Gasteiger partial charge in [-0.25, -0.2) is 4.79 Å². The van der Waals surface area contributed by atoms with Gasteiger partial charge in [-0.1, -0.05) is 0 Å². The van der Waals surface area contributed by atoms with Crippen LogP contribution in [0.3, 0.4) is 0 Å². The van der Waals surface area contributed by atoms with Crippen LogP contribution in [0.2, 0.25) is 0 Å². The summed E-state index contributed by atoms with van der Waals surface area (Å²) in [6.07, 6.45) is 0.138. The molecule has 1 atom stereocenters. The number of carboxylic acids is 1. The molecule has 5 nitrogen and oxygen atoms in total. The third-order valence-corrected chi connectivity index (χ3v) is 2.05. The van der Waals surface area contributed by atoms with Crippen LogP contribution in [0, 0.1) is 0 Å². The summed E-state index contributed by atoms with van der Waals surface area (Å²) < 4.78 is 10.4. The number of ether oxygens (including phenoxy) is 1. The second kappa shape index (κ2) is 6.30. The highest BCUT2D eigenvalue weighted by atomic mass is 16.5. The maximum atomic E-state index is 10.5. The van der Waals surface area contributed by atoms with Gasteiger partial charge in [0.15, 0.2) is 0 Å². The fourth-order valence-electron chi connectivity index (χ4n) is 1.33. The number of nitrogens with one attached hydrogen (secondary N) is 1. The summed E-state index contributed by atoms with van der Waals surface area (Å²) in [7, 11) is 0. The first-order valence-electron chi connectivity index (χ1n) is 5.27. The Hall–Kier alpha value is -1.33. The molecule has 0 saturated heterocycles. The fraction of sp³-hybridized carbons (Fsp3) is 0.545. The van der Waals surface area contributed by atoms with E-state index >= 15 is 0 Å². The average molecular weight is 227 g/mol. The fourth-order valence-corrected chi connectivity index (χ4v) is 1.33. The Morgan fingerprint density at radius 3 is 2.94 bits per heavy atom. The van der Waals surface area contributed by atoms with Gasteiger partial charge in [0.05, 0.1) is 12.6 Å². The van der Waals surface area contributed by atoms with Crippen molar-refractivity contribution in [1.82, 2.24) is 5.32 Å². The first-order chi connectivity index (χ1) is 7.63. The van der Waals surface area contributed by atoms with E-state index in [0.29, 0.717) is 25.5 Å². The van der Waals surface area contributed by atoms with E-state index in [1.807, 2.05) is 13.8 Å². The van der Waals surface area contributed by atoms with E-state index in [0.717, 1.165) is 0 Å². The van der Waals surface area contributed by atoms with E-state index in [-0.39, 0.29) is 11.9 Å². The van der Waals surface area contributed by atoms with Crippen LogP contribution in [0.5, 0.6) is 0 Å². The number of rotatable bonds is 7. The van der Waals surface area contributed by atoms with Gasteiger partial charge < -0.3 is 19.6 Å². The number of carbonyl (C=O) groups is 1. The minimum atomic E-state index is -1.05. The predicted molar refractivity (Wildman–Crippen MR) is 58.5 cm³/mol. The zero-order valence-corrected chi connectivity index (χ0v) is 9.53. The lowest BCUT2D eigenvalue weighted by molar-refractivity contribution is 0.0657. The number of furan rings is 1. The summed E-state index contributed by atoms with van der Waals surface area (Å²) >= 11 is 0. The third kappa shape index (κ3) is 4.04. The second-order valence-electron chi connectivity index (χ2n) is 3.47. The second-order valence-corrected chi connectivity index (χ2v) is 3.47. The maximum absolute atomic E-state index is 10.5. The van der Waals surface area contributed by atoms with Gasteiger partial charge in [0.25, 0.3) is 0 Å². The summed E-state index contributed by atoms with van der Waals surface area (Å²) in [5.74, 6) is -0.468. The van der Waals surface area contributed by atoms with Crippen molar-refractivity contribution in [3.05, 3.63) is 23.7 Å². The summed E-state index contributed by atoms with van der Waals surface area (Å²) in [5, 5.41) is 11.8. The third-order valence-electron chi connectivity index (χ3n) is 2.05. The van der Waals surface area contributed by atoms with Crippen molar-refractivity contribution in [2.75, 3.05) is 13.2 Å². The topological polar surface area (TPSA) is 71.7 Å². The summed E-state index contributed by atoms with van der Waals surface area (Å²) in [6, 6.07) is 3.10. The highest BCUT2D eigenvalue weighted by Crippen LogP contribution is 2.07. The largest absolute Gasteiger partial charge is 0.475 e. The molecule has 0 amide bonds. The smallest absolute Gasteiger partial charge is 0.371 e. The molecule has 5 heteroatoms. The Balaban J connectivity index is 2.29. The van der Waals surface area contributed by atoms with Crippen LogP contribution < -0.4 is 5.32 Å². The molecule has 0 aliphatic rings. The molecule has 0 aromatic carbocycles. The van der Waals surface area contributed by atoms with E-state index in [1.165, 1.54) is 6.07 Å². The summed E-state index contributed by atoms with van der Waals surface area (Å²) in [4.78, 5) is 10.5. The van der Waals surface area contributed by atoms with E-state index in [4.69, 9.17) is 14.3 Å². The molecule has 1 rings (SSSR count). The number of aromatic carboxylic acids is 1. The molecule has 2 N–H and O–H groups in total. The molecule has 0 radical (unpaired) electrons. The minimum Gasteiger partial charge on any atom is -0.475 e. The van der Waals surface area contributed by atoms with Crippen LogP contribution in [0.1, 0.15) is 30.2 Å². The van der Waals surface area contributed by atoms with Crippen LogP contribution in [-0.4, -0.2) is 30.3 Å². The van der Waals surface area contributed by atoms with Crippen molar-refractivity contribution in [3.63, 3.8) is 0 Å². The molecule has 1 heterocycles. The molecule has 0 spiro atoms. The molecule has 0 aliphatic heterocycles. The average Bonchev–Trinajstić information content (AvgIpc) is 2.67. The van der Waals surface area contributed by atoms with Gasteiger partial charge in [-0.15, -0.1) is 0 Å². The van der Waals surface area contributed by atoms with Crippen molar-refractivity contribution >= 4 is 5.97 Å². The molecule has 0 fully saturated rings. The molecule has 90 valence electrons. The van der Waals surface area contributed by atoms with Crippen molar-refractivity contribution in [3.8, 4) is 0 Å². The van der Waals surface area contributed by atoms with Crippen LogP contribution in [-0.2, 0) is 11.3 Å². The summed E-state index contributed by atoms with van der Waals surface area (Å²) in [6.45, 7) is 5.82. The number of carboxylic acid groups (broad SMARTS) is 1. The molecule has 0 bridgehead atoms. The lowest BCUT2D eigenvalue weighted by Gasteiger charge is -2.11. The number of hydrogen-bond acceptors (Lipinski definition) is 4. The summed E-state index contributed by atoms with van der Waals surface area (Å²) in [5.41, 5.74) is 0. The van der Waals surface area contributed by atoms with Gasteiger partial charge in [0.1, 0.15) is 5.76 Å². The first kappa shape index (κ1) is 12.7. The Morgan fingerprint density at radius 2 is 2.38 bits per heavy atom. The Labute approximate surface area is 94.4 Å². The van der Waals surface area contributed by atoms with Gasteiger partial charge in [-0.3, -0.25) is 0 Å². The van der Waals surface area contributed by atoms with Crippen LogP contribution >= 0.6 is 0 Å². The highest BCUT2D eigenvalue weighted by Gasteiger charge is 2.08. The zero-order valence-electron chi connectivity index (χ0n) is 9.53. The van der Waals surface area contributed by atoms with Crippen LogP contribution in [0.4, 0.5) is 0 Å². The number of hydrogen-bond donors (Lipinski definition) is 2. The van der Waals surface area contributed by atoms with Crippen molar-refractivity contribution in [2.45, 2.75) is 26.5 Å². The molecular formula is C11H17NO4. The quantitative estimate of drug-likeness (QED) is 0.738. The first-order valence-corrected chi connectivity index (χ1v) is 5.27. The van der Waals surface area contributed by atoms with Gasteiger partial charge in [0, 0.05) is 13.2 Å². The lowest BCUT2D eigenvalue weighted by atomic mass is 10.3. The Bertz CT molecular complexity index is 334. The molecule has 1 unspecified atom stereocenters. The molecule has 0 aliphatic carbocycles. The van der Waals surface area contributed by atoms with Crippen molar-refractivity contribution in [1.29, 1.82) is 0 Å². The van der Waals surface area contributed by atoms with Crippen molar-refractivity contribution < 1.29 is 19.1 Å². The lowest BCUT2D eigenvalue weighted by Crippen LogP contribution is -2.26. The zero-order chi connectivity index (χ0) is 12.0. The van der Waals surface area contributed by atoms with E-state index in [9.17, 15) is 4.79 Å². The minimum absolute atomic E-state index is 0.0327. The Kier molecular flexibility index (Phi) is 5.01. The molecule has 0 saturated carbocycles. The monoisotopic (exact) mass is 227 g/mol. The molecule has 1 aromatic heterocycles. The van der Waals surface area contributed by atoms with Gasteiger partial charge in [0.2, 0.25) is 5.76 Å². The predicted octanol–water partition coefficient (Wildman–Crippen LogP) is 1.49. The van der Waals surface area contributed by atoms with E-state index < -0.39 is 5.97 Å². The van der Waals surface area contributed by atoms with Crippen LogP contribution in [0.25, 0.3) is 0 Å². The SMILES string of the molecule is CCOC(C)CNCc1ccc(C(=O)O)o1. The standard InChI is InChI=1S/C11H17NO4/c1-3-15-8(2)6-12-7-9-4-5-10(16-9)11(13)14/h4-5,8,12H,3,6-7H2,1-2H3,(H,13,14). The van der Waals surface area contributed by atoms with Gasteiger partial charge in [-0.05, 0) is 26.0 Å². The van der Waals surface area contributed by atoms with E-state index in [1.54, 1.807) is 6.07 Å². The highest BCUT2D eigenvalue weighted by molar-refractivity contribution is 5.84. The van der Waals surface area contributed by atoms with Gasteiger partial charge in [-0.2, -0.15) is 0 Å². The van der Waals surface area contributed by atoms with Crippen molar-refractivity contribution in [2.24, 2.45) is 0 Å². The molecular weight excluding hydrogens is 210 g/mol. The molecule has 1 aromatic rings.